The summed E-state index contributed by atoms with van der Waals surface area (Å²) in [5.74, 6) is 1.29. The largest absolute Gasteiger partial charge is 0.370 e. The first-order valence-corrected chi connectivity index (χ1v) is 7.93. The third-order valence-electron chi connectivity index (χ3n) is 3.16. The number of carbonyl (C=O) groups is 1. The van der Waals surface area contributed by atoms with Crippen LogP contribution in [-0.2, 0) is 17.8 Å². The molecular formula is C14H17BrClN3O. The molecule has 0 atom stereocenters. The fourth-order valence-corrected chi connectivity index (χ4v) is 2.76. The van der Waals surface area contributed by atoms with E-state index in [-0.39, 0.29) is 5.91 Å². The molecule has 0 fully saturated rings. The summed E-state index contributed by atoms with van der Waals surface area (Å²) < 4.78 is 3.21. The number of hydrogen-bond acceptors (Lipinski definition) is 2. The van der Waals surface area contributed by atoms with Crippen molar-refractivity contribution in [3.05, 3.63) is 28.5 Å². The van der Waals surface area contributed by atoms with E-state index >= 15 is 0 Å². The topological polar surface area (TPSA) is 60.9 Å². The number of nitrogens with zero attached hydrogens (tertiary/aromatic N) is 2. The maximum atomic E-state index is 10.8. The van der Waals surface area contributed by atoms with Gasteiger partial charge in [0.05, 0.1) is 11.0 Å². The van der Waals surface area contributed by atoms with Crippen LogP contribution in [0.2, 0.25) is 0 Å². The first-order valence-electron chi connectivity index (χ1n) is 6.60. The number of aryl methyl sites for hydroxylation is 2. The molecule has 0 saturated carbocycles. The van der Waals surface area contributed by atoms with Gasteiger partial charge in [0.15, 0.2) is 0 Å². The Bertz CT molecular complexity index is 612. The van der Waals surface area contributed by atoms with Crippen LogP contribution in [0.4, 0.5) is 0 Å². The summed E-state index contributed by atoms with van der Waals surface area (Å²) in [7, 11) is 0. The molecule has 0 aliphatic rings. The summed E-state index contributed by atoms with van der Waals surface area (Å²) in [5, 5.41) is 0. The van der Waals surface area contributed by atoms with E-state index in [0.29, 0.717) is 12.3 Å². The van der Waals surface area contributed by atoms with E-state index < -0.39 is 0 Å². The number of primary amides is 1. The van der Waals surface area contributed by atoms with Gasteiger partial charge in [0.1, 0.15) is 5.82 Å². The molecule has 4 nitrogen and oxygen atoms in total. The molecule has 20 heavy (non-hydrogen) atoms. The van der Waals surface area contributed by atoms with Gasteiger partial charge in [-0.15, -0.1) is 11.6 Å². The number of fused-ring (bicyclic) bond motifs is 1. The number of carbonyl (C=O) groups excluding carboxylic acids is 1. The SMILES string of the molecule is NC(=O)CCCCn1c(CCCl)nc2ccc(Br)cc21. The molecule has 1 aromatic heterocycles. The molecule has 0 unspecified atom stereocenters. The molecule has 0 saturated heterocycles. The predicted molar refractivity (Wildman–Crippen MR) is 84.9 cm³/mol. The number of amides is 1. The smallest absolute Gasteiger partial charge is 0.217 e. The number of nitrogens with two attached hydrogens (primary N) is 1. The van der Waals surface area contributed by atoms with E-state index in [1.807, 2.05) is 12.1 Å². The van der Waals surface area contributed by atoms with E-state index in [1.54, 1.807) is 0 Å². The molecule has 2 N–H and O–H groups in total. The zero-order valence-corrected chi connectivity index (χ0v) is 13.5. The van der Waals surface area contributed by atoms with Crippen LogP contribution in [0, 0.1) is 0 Å². The Morgan fingerprint density at radius 1 is 1.40 bits per heavy atom. The normalized spacial score (nSPS) is 11.1. The van der Waals surface area contributed by atoms with Crippen LogP contribution in [0.15, 0.2) is 22.7 Å². The zero-order valence-electron chi connectivity index (χ0n) is 11.1. The second-order valence-electron chi connectivity index (χ2n) is 4.68. The molecule has 108 valence electrons. The lowest BCUT2D eigenvalue weighted by atomic mass is 10.2. The van der Waals surface area contributed by atoms with Crippen LogP contribution in [0.1, 0.15) is 25.1 Å². The number of halogens is 2. The summed E-state index contributed by atoms with van der Waals surface area (Å²) in [4.78, 5) is 15.4. The Labute approximate surface area is 131 Å². The minimum absolute atomic E-state index is 0.246. The van der Waals surface area contributed by atoms with Gasteiger partial charge in [-0.1, -0.05) is 15.9 Å². The lowest BCUT2D eigenvalue weighted by molar-refractivity contribution is -0.118. The minimum atomic E-state index is -0.246. The van der Waals surface area contributed by atoms with Crippen molar-refractivity contribution in [2.24, 2.45) is 5.73 Å². The quantitative estimate of drug-likeness (QED) is 0.610. The highest BCUT2D eigenvalue weighted by Gasteiger charge is 2.10. The van der Waals surface area contributed by atoms with Crippen LogP contribution >= 0.6 is 27.5 Å². The highest BCUT2D eigenvalue weighted by atomic mass is 79.9. The number of imidazole rings is 1. The summed E-state index contributed by atoms with van der Waals surface area (Å²) in [6.07, 6.45) is 2.87. The second-order valence-corrected chi connectivity index (χ2v) is 5.97. The van der Waals surface area contributed by atoms with Crippen LogP contribution in [0.25, 0.3) is 11.0 Å². The summed E-state index contributed by atoms with van der Waals surface area (Å²) in [6, 6.07) is 6.04. The average Bonchev–Trinajstić information content (AvgIpc) is 2.72. The van der Waals surface area contributed by atoms with Gasteiger partial charge in [0.25, 0.3) is 0 Å². The Hall–Kier alpha value is -1.07. The number of hydrogen-bond donors (Lipinski definition) is 1. The first-order chi connectivity index (χ1) is 9.61. The molecule has 1 aromatic carbocycles. The van der Waals surface area contributed by atoms with E-state index in [1.165, 1.54) is 0 Å². The number of alkyl halides is 1. The van der Waals surface area contributed by atoms with Gasteiger partial charge < -0.3 is 10.3 Å². The molecule has 0 radical (unpaired) electrons. The van der Waals surface area contributed by atoms with Crippen LogP contribution in [0.3, 0.4) is 0 Å². The van der Waals surface area contributed by atoms with Crippen LogP contribution in [-0.4, -0.2) is 21.3 Å². The zero-order chi connectivity index (χ0) is 14.5. The van der Waals surface area contributed by atoms with E-state index in [4.69, 9.17) is 17.3 Å². The van der Waals surface area contributed by atoms with Crippen molar-refractivity contribution in [2.45, 2.75) is 32.2 Å². The molecule has 0 bridgehead atoms. The molecule has 0 aliphatic carbocycles. The maximum Gasteiger partial charge on any atom is 0.217 e. The Balaban J connectivity index is 2.21. The monoisotopic (exact) mass is 357 g/mol. The Morgan fingerprint density at radius 3 is 2.90 bits per heavy atom. The van der Waals surface area contributed by atoms with Crippen molar-refractivity contribution in [2.75, 3.05) is 5.88 Å². The third-order valence-corrected chi connectivity index (χ3v) is 3.84. The number of benzene rings is 1. The maximum absolute atomic E-state index is 10.8. The lowest BCUT2D eigenvalue weighted by Crippen LogP contribution is -2.11. The van der Waals surface area contributed by atoms with Crippen molar-refractivity contribution in [1.29, 1.82) is 0 Å². The molecule has 0 aliphatic heterocycles. The second kappa shape index (κ2) is 7.09. The number of aromatic nitrogens is 2. The standard InChI is InChI=1S/C14H17BrClN3O/c15-10-4-5-11-12(9-10)19(14(18-11)6-7-16)8-2-1-3-13(17)20/h4-5,9H,1-3,6-8H2,(H2,17,20). The van der Waals surface area contributed by atoms with Crippen LogP contribution < -0.4 is 5.73 Å². The molecule has 2 aromatic rings. The molecular weight excluding hydrogens is 342 g/mol. The van der Waals surface area contributed by atoms with Crippen molar-refractivity contribution in [3.63, 3.8) is 0 Å². The van der Waals surface area contributed by atoms with Gasteiger partial charge in [-0.2, -0.15) is 0 Å². The number of rotatable bonds is 7. The fraction of sp³-hybridized carbons (Fsp3) is 0.429. The lowest BCUT2D eigenvalue weighted by Gasteiger charge is -2.08. The molecule has 1 amide bonds. The van der Waals surface area contributed by atoms with E-state index in [9.17, 15) is 4.79 Å². The van der Waals surface area contributed by atoms with Gasteiger partial charge in [-0.25, -0.2) is 4.98 Å². The van der Waals surface area contributed by atoms with E-state index in [2.05, 4.69) is 31.5 Å². The Morgan fingerprint density at radius 2 is 2.20 bits per heavy atom. The van der Waals surface area contributed by atoms with Crippen molar-refractivity contribution in [3.8, 4) is 0 Å². The average molecular weight is 359 g/mol. The Kier molecular flexibility index (Phi) is 5.43. The van der Waals surface area contributed by atoms with Gasteiger partial charge in [0, 0.05) is 29.7 Å². The summed E-state index contributed by atoms with van der Waals surface area (Å²) >= 11 is 9.33. The van der Waals surface area contributed by atoms with Crippen molar-refractivity contribution < 1.29 is 4.79 Å². The first kappa shape index (κ1) is 15.3. The van der Waals surface area contributed by atoms with Crippen molar-refractivity contribution in [1.82, 2.24) is 9.55 Å². The highest BCUT2D eigenvalue weighted by molar-refractivity contribution is 9.10. The molecule has 0 spiro atoms. The highest BCUT2D eigenvalue weighted by Crippen LogP contribution is 2.22. The van der Waals surface area contributed by atoms with Gasteiger partial charge in [-0.05, 0) is 31.0 Å². The van der Waals surface area contributed by atoms with Crippen LogP contribution in [0.5, 0.6) is 0 Å². The number of unbranched alkanes of at least 4 members (excludes halogenated alkanes) is 1. The third kappa shape index (κ3) is 3.73. The van der Waals surface area contributed by atoms with Gasteiger partial charge >= 0.3 is 0 Å². The summed E-state index contributed by atoms with van der Waals surface area (Å²) in [5.41, 5.74) is 7.23. The fourth-order valence-electron chi connectivity index (χ4n) is 2.24. The minimum Gasteiger partial charge on any atom is -0.370 e. The van der Waals surface area contributed by atoms with E-state index in [0.717, 1.165) is 47.1 Å². The van der Waals surface area contributed by atoms with Crippen molar-refractivity contribution >= 4 is 44.5 Å². The summed E-state index contributed by atoms with van der Waals surface area (Å²) in [6.45, 7) is 0.826. The van der Waals surface area contributed by atoms with Gasteiger partial charge in [0.2, 0.25) is 5.91 Å². The molecule has 6 heteroatoms. The predicted octanol–water partition coefficient (Wildman–Crippen LogP) is 3.24. The molecule has 2 rings (SSSR count). The molecule has 1 heterocycles. The van der Waals surface area contributed by atoms with Gasteiger partial charge in [-0.3, -0.25) is 4.79 Å².